The van der Waals surface area contributed by atoms with Crippen molar-refractivity contribution in [2.75, 3.05) is 6.54 Å². The van der Waals surface area contributed by atoms with Crippen LogP contribution in [0.25, 0.3) is 11.1 Å². The maximum atomic E-state index is 14.7. The molecule has 10 heteroatoms. The molecule has 2 heterocycles. The Morgan fingerprint density at radius 1 is 1.23 bits per heavy atom. The normalized spacial score (nSPS) is 19.2. The van der Waals surface area contributed by atoms with E-state index in [1.54, 1.807) is 43.4 Å². The van der Waals surface area contributed by atoms with E-state index >= 15 is 0 Å². The molecular weight excluding hydrogens is 425 g/mol. The van der Waals surface area contributed by atoms with Gasteiger partial charge in [0.25, 0.3) is 5.91 Å². The molecule has 4 rings (SSSR count). The molecule has 1 aliphatic heterocycles. The number of benzene rings is 2. The van der Waals surface area contributed by atoms with Crippen molar-refractivity contribution in [3.8, 4) is 11.1 Å². The van der Waals surface area contributed by atoms with E-state index in [1.165, 1.54) is 23.0 Å². The van der Waals surface area contributed by atoms with Crippen LogP contribution in [0.1, 0.15) is 17.5 Å². The molecule has 0 bridgehead atoms. The molecule has 31 heavy (non-hydrogen) atoms. The summed E-state index contributed by atoms with van der Waals surface area (Å²) in [6.07, 6.45) is 0.0168. The quantitative estimate of drug-likeness (QED) is 0.345. The van der Waals surface area contributed by atoms with Gasteiger partial charge in [-0.1, -0.05) is 35.9 Å². The Kier molecular flexibility index (Phi) is 5.48. The van der Waals surface area contributed by atoms with E-state index in [4.69, 9.17) is 11.6 Å². The third kappa shape index (κ3) is 3.78. The lowest BCUT2D eigenvalue weighted by molar-refractivity contribution is -0.124. The van der Waals surface area contributed by atoms with Gasteiger partial charge in [-0.05, 0) is 35.4 Å². The van der Waals surface area contributed by atoms with E-state index in [9.17, 15) is 19.1 Å². The van der Waals surface area contributed by atoms with Crippen LogP contribution in [0.5, 0.6) is 0 Å². The van der Waals surface area contributed by atoms with Gasteiger partial charge in [-0.3, -0.25) is 20.1 Å². The van der Waals surface area contributed by atoms with Crippen molar-refractivity contribution >= 4 is 23.5 Å². The predicted molar refractivity (Wildman–Crippen MR) is 111 cm³/mol. The number of carbonyl (C=O) groups excluding carboxylic acids is 2. The molecule has 3 amide bonds. The number of carbonyl (C=O) groups is 2. The summed E-state index contributed by atoms with van der Waals surface area (Å²) >= 11 is 5.94. The lowest BCUT2D eigenvalue weighted by Gasteiger charge is -2.28. The van der Waals surface area contributed by atoms with E-state index in [-0.39, 0.29) is 12.1 Å². The van der Waals surface area contributed by atoms with Gasteiger partial charge < -0.3 is 10.4 Å². The summed E-state index contributed by atoms with van der Waals surface area (Å²) in [6.45, 7) is -0.209. The lowest BCUT2D eigenvalue weighted by atomic mass is 9.94. The molecule has 0 radical (unpaired) electrons. The summed E-state index contributed by atoms with van der Waals surface area (Å²) in [6, 6.07) is 12.1. The number of aromatic nitrogens is 2. The first-order chi connectivity index (χ1) is 14.8. The minimum atomic E-state index is -1.52. The third-order valence-electron chi connectivity index (χ3n) is 5.24. The molecule has 0 saturated carbocycles. The zero-order valence-corrected chi connectivity index (χ0v) is 17.2. The molecule has 1 fully saturated rings. The topological polar surface area (TPSA) is 108 Å². The van der Waals surface area contributed by atoms with Crippen LogP contribution in [0.4, 0.5) is 9.18 Å². The summed E-state index contributed by atoms with van der Waals surface area (Å²) < 4.78 is 16.2. The van der Waals surface area contributed by atoms with Crippen LogP contribution in [-0.2, 0) is 17.4 Å². The van der Waals surface area contributed by atoms with Crippen LogP contribution < -0.4 is 16.0 Å². The first-order valence-electron chi connectivity index (χ1n) is 9.40. The van der Waals surface area contributed by atoms with Gasteiger partial charge in [0.1, 0.15) is 12.0 Å². The van der Waals surface area contributed by atoms with Crippen molar-refractivity contribution in [3.63, 3.8) is 0 Å². The number of urea groups is 1. The molecule has 3 aromatic rings. The standard InChI is InChI=1S/C21H19ClFN5O3/c1-28-16(9-10-25-28)21(19(30)26-20(31)27-21)11-24-18(29)17-14(3-2-4-15(17)23)12-5-7-13(22)8-6-12/h2-10,18,24,29H,11H2,1H3,(H2,26,27,30,31). The summed E-state index contributed by atoms with van der Waals surface area (Å²) in [7, 11) is 1.63. The second kappa shape index (κ2) is 8.10. The molecule has 1 aromatic heterocycles. The zero-order valence-electron chi connectivity index (χ0n) is 16.4. The molecule has 1 aliphatic rings. The summed E-state index contributed by atoms with van der Waals surface area (Å²) in [5.41, 5.74) is 0.0190. The van der Waals surface area contributed by atoms with Crippen LogP contribution in [0.2, 0.25) is 5.02 Å². The number of imide groups is 1. The average Bonchev–Trinajstić information content (AvgIpc) is 3.29. The fourth-order valence-electron chi connectivity index (χ4n) is 3.73. The second-order valence-electron chi connectivity index (χ2n) is 7.15. The number of halogens is 2. The number of rotatable bonds is 6. The fourth-order valence-corrected chi connectivity index (χ4v) is 3.85. The van der Waals surface area contributed by atoms with E-state index in [1.807, 2.05) is 0 Å². The number of nitrogens with one attached hydrogen (secondary N) is 3. The average molecular weight is 444 g/mol. The maximum absolute atomic E-state index is 14.7. The van der Waals surface area contributed by atoms with E-state index in [0.717, 1.165) is 0 Å². The molecule has 0 aliphatic carbocycles. The molecule has 2 atom stereocenters. The Balaban J connectivity index is 1.66. The van der Waals surface area contributed by atoms with Gasteiger partial charge in [-0.2, -0.15) is 5.10 Å². The summed E-state index contributed by atoms with van der Waals surface area (Å²) in [4.78, 5) is 24.5. The van der Waals surface area contributed by atoms with Gasteiger partial charge in [0.2, 0.25) is 0 Å². The Bertz CT molecular complexity index is 1150. The minimum Gasteiger partial charge on any atom is -0.374 e. The first-order valence-corrected chi connectivity index (χ1v) is 9.77. The lowest BCUT2D eigenvalue weighted by Crippen LogP contribution is -2.53. The number of aryl methyl sites for hydroxylation is 1. The van der Waals surface area contributed by atoms with Gasteiger partial charge in [-0.15, -0.1) is 0 Å². The molecule has 8 nitrogen and oxygen atoms in total. The Morgan fingerprint density at radius 2 is 1.97 bits per heavy atom. The van der Waals surface area contributed by atoms with Crippen LogP contribution >= 0.6 is 11.6 Å². The van der Waals surface area contributed by atoms with E-state index < -0.39 is 29.5 Å². The molecular formula is C21H19ClFN5O3. The third-order valence-corrected chi connectivity index (χ3v) is 5.49. The van der Waals surface area contributed by atoms with Gasteiger partial charge >= 0.3 is 6.03 Å². The highest BCUT2D eigenvalue weighted by atomic mass is 35.5. The van der Waals surface area contributed by atoms with E-state index in [0.29, 0.717) is 21.8 Å². The summed E-state index contributed by atoms with van der Waals surface area (Å²) in [5.74, 6) is -1.23. The van der Waals surface area contributed by atoms with Crippen LogP contribution in [0, 0.1) is 5.82 Å². The zero-order chi connectivity index (χ0) is 22.2. The van der Waals surface area contributed by atoms with Crippen molar-refractivity contribution in [2.45, 2.75) is 11.8 Å². The second-order valence-corrected chi connectivity index (χ2v) is 7.58. The number of aliphatic hydroxyl groups excluding tert-OH is 1. The van der Waals surface area contributed by atoms with Gasteiger partial charge in [0.05, 0.1) is 5.69 Å². The van der Waals surface area contributed by atoms with Crippen molar-refractivity contribution in [3.05, 3.63) is 76.8 Å². The number of hydrogen-bond acceptors (Lipinski definition) is 5. The number of nitrogens with zero attached hydrogens (tertiary/aromatic N) is 2. The largest absolute Gasteiger partial charge is 0.374 e. The smallest absolute Gasteiger partial charge is 0.322 e. The molecule has 160 valence electrons. The van der Waals surface area contributed by atoms with Gasteiger partial charge in [0.15, 0.2) is 5.54 Å². The minimum absolute atomic E-state index is 0.00899. The highest BCUT2D eigenvalue weighted by molar-refractivity contribution is 6.30. The molecule has 4 N–H and O–H groups in total. The predicted octanol–water partition coefficient (Wildman–Crippen LogP) is 2.19. The van der Waals surface area contributed by atoms with E-state index in [2.05, 4.69) is 21.0 Å². The van der Waals surface area contributed by atoms with Crippen molar-refractivity contribution in [2.24, 2.45) is 7.05 Å². The van der Waals surface area contributed by atoms with Crippen molar-refractivity contribution < 1.29 is 19.1 Å². The number of amides is 3. The molecule has 2 aromatic carbocycles. The highest BCUT2D eigenvalue weighted by Crippen LogP contribution is 2.31. The number of aliphatic hydroxyl groups is 1. The van der Waals surface area contributed by atoms with Gasteiger partial charge in [0, 0.05) is 30.4 Å². The Morgan fingerprint density at radius 3 is 2.58 bits per heavy atom. The number of hydrogen-bond donors (Lipinski definition) is 4. The van der Waals surface area contributed by atoms with Crippen molar-refractivity contribution in [1.29, 1.82) is 0 Å². The Labute approximate surface area is 182 Å². The van der Waals surface area contributed by atoms with Crippen molar-refractivity contribution in [1.82, 2.24) is 25.7 Å². The molecule has 2 unspecified atom stereocenters. The van der Waals surface area contributed by atoms with Gasteiger partial charge in [-0.25, -0.2) is 9.18 Å². The highest BCUT2D eigenvalue weighted by Gasteiger charge is 2.49. The SMILES string of the molecule is Cn1nccc1C1(CNC(O)c2c(F)cccc2-c2ccc(Cl)cc2)NC(=O)NC1=O. The molecule has 1 saturated heterocycles. The van der Waals surface area contributed by atoms with Crippen LogP contribution in [-0.4, -0.2) is 33.4 Å². The monoisotopic (exact) mass is 443 g/mol. The first kappa shape index (κ1) is 21.0. The molecule has 0 spiro atoms. The van der Waals surface area contributed by atoms with Crippen LogP contribution in [0.15, 0.2) is 54.7 Å². The maximum Gasteiger partial charge on any atom is 0.322 e. The Hall–Kier alpha value is -3.27. The van der Waals surface area contributed by atoms with Crippen LogP contribution in [0.3, 0.4) is 0 Å². The fraction of sp³-hybridized carbons (Fsp3) is 0.190. The summed E-state index contributed by atoms with van der Waals surface area (Å²) in [5, 5.41) is 23.0.